The van der Waals surface area contributed by atoms with Gasteiger partial charge in [0, 0.05) is 17.5 Å². The normalized spacial score (nSPS) is 11.0. The first kappa shape index (κ1) is 20.0. The van der Waals surface area contributed by atoms with Crippen LogP contribution in [0.5, 0.6) is 0 Å². The maximum atomic E-state index is 12.5. The van der Waals surface area contributed by atoms with Crippen molar-refractivity contribution in [2.24, 2.45) is 0 Å². The number of esters is 1. The third-order valence-corrected chi connectivity index (χ3v) is 5.80. The molecule has 0 amide bonds. The van der Waals surface area contributed by atoms with E-state index in [1.807, 2.05) is 43.5 Å². The molecule has 30 heavy (non-hydrogen) atoms. The van der Waals surface area contributed by atoms with Crippen LogP contribution in [0, 0.1) is 13.8 Å². The van der Waals surface area contributed by atoms with Crippen LogP contribution in [0.4, 0.5) is 0 Å². The Morgan fingerprint density at radius 1 is 1.10 bits per heavy atom. The third-order valence-electron chi connectivity index (χ3n) is 4.86. The van der Waals surface area contributed by atoms with Gasteiger partial charge in [0.1, 0.15) is 17.3 Å². The Labute approximate surface area is 177 Å². The summed E-state index contributed by atoms with van der Waals surface area (Å²) in [7, 11) is 0. The van der Waals surface area contributed by atoms with E-state index in [0.717, 1.165) is 10.6 Å². The SMILES string of the molecule is CCn1c(=O)c(C)nc2cc(C(=O)OCc3csc(-c4ccc(C)cc4)n3)ccc21. The van der Waals surface area contributed by atoms with E-state index in [0.29, 0.717) is 34.5 Å². The number of nitrogens with zero attached hydrogens (tertiary/aromatic N) is 3. The quantitative estimate of drug-likeness (QED) is 0.445. The fourth-order valence-electron chi connectivity index (χ4n) is 3.24. The minimum Gasteiger partial charge on any atom is -0.456 e. The average molecular weight is 420 g/mol. The highest BCUT2D eigenvalue weighted by Gasteiger charge is 2.13. The molecule has 4 rings (SSSR count). The second-order valence-corrected chi connectivity index (χ2v) is 7.89. The van der Waals surface area contributed by atoms with Gasteiger partial charge in [-0.05, 0) is 39.0 Å². The molecule has 0 bridgehead atoms. The standard InChI is InChI=1S/C23H21N3O3S/c1-4-26-20-10-9-17(11-19(20)24-15(3)22(26)27)23(28)29-12-18-13-30-21(25-18)16-7-5-14(2)6-8-16/h5-11,13H,4,12H2,1-3H3. The van der Waals surface area contributed by atoms with Crippen molar-refractivity contribution in [3.63, 3.8) is 0 Å². The first-order valence-electron chi connectivity index (χ1n) is 9.66. The van der Waals surface area contributed by atoms with Crippen molar-refractivity contribution in [1.29, 1.82) is 0 Å². The number of rotatable bonds is 5. The van der Waals surface area contributed by atoms with Gasteiger partial charge in [-0.2, -0.15) is 0 Å². The van der Waals surface area contributed by atoms with Crippen LogP contribution in [0.3, 0.4) is 0 Å². The molecule has 6 nitrogen and oxygen atoms in total. The molecule has 0 spiro atoms. The molecule has 0 radical (unpaired) electrons. The van der Waals surface area contributed by atoms with Gasteiger partial charge >= 0.3 is 5.97 Å². The molecular formula is C23H21N3O3S. The molecule has 0 saturated heterocycles. The van der Waals surface area contributed by atoms with Crippen molar-refractivity contribution in [3.05, 3.63) is 80.7 Å². The summed E-state index contributed by atoms with van der Waals surface area (Å²) in [6, 6.07) is 13.2. The summed E-state index contributed by atoms with van der Waals surface area (Å²) in [5, 5.41) is 2.79. The van der Waals surface area contributed by atoms with Crippen molar-refractivity contribution in [2.75, 3.05) is 0 Å². The molecule has 0 saturated carbocycles. The Balaban J connectivity index is 1.50. The Kier molecular flexibility index (Phi) is 5.46. The highest BCUT2D eigenvalue weighted by molar-refractivity contribution is 7.13. The van der Waals surface area contributed by atoms with Gasteiger partial charge in [0.25, 0.3) is 5.56 Å². The summed E-state index contributed by atoms with van der Waals surface area (Å²) in [6.45, 7) is 6.26. The molecule has 2 aromatic carbocycles. The number of benzene rings is 2. The van der Waals surface area contributed by atoms with Crippen LogP contribution in [0.25, 0.3) is 21.6 Å². The fraction of sp³-hybridized carbons (Fsp3) is 0.217. The number of carbonyl (C=O) groups excluding carboxylic acids is 1. The van der Waals surface area contributed by atoms with Crippen molar-refractivity contribution < 1.29 is 9.53 Å². The second-order valence-electron chi connectivity index (χ2n) is 7.04. The first-order valence-corrected chi connectivity index (χ1v) is 10.5. The van der Waals surface area contributed by atoms with Crippen LogP contribution in [0.15, 0.2) is 52.6 Å². The van der Waals surface area contributed by atoms with Crippen LogP contribution in [-0.4, -0.2) is 20.5 Å². The summed E-state index contributed by atoms with van der Waals surface area (Å²) in [5.74, 6) is -0.449. The second kappa shape index (κ2) is 8.20. The molecule has 2 heterocycles. The zero-order valence-electron chi connectivity index (χ0n) is 17.0. The number of fused-ring (bicyclic) bond motifs is 1. The number of hydrogen-bond acceptors (Lipinski definition) is 6. The lowest BCUT2D eigenvalue weighted by atomic mass is 10.2. The minimum absolute atomic E-state index is 0.0974. The van der Waals surface area contributed by atoms with Crippen LogP contribution in [-0.2, 0) is 17.9 Å². The van der Waals surface area contributed by atoms with Crippen LogP contribution >= 0.6 is 11.3 Å². The lowest BCUT2D eigenvalue weighted by molar-refractivity contribution is 0.0468. The average Bonchev–Trinajstić information content (AvgIpc) is 3.22. The number of aromatic nitrogens is 3. The zero-order chi connectivity index (χ0) is 21.3. The Morgan fingerprint density at radius 3 is 2.60 bits per heavy atom. The minimum atomic E-state index is -0.449. The number of thiazole rings is 1. The summed E-state index contributed by atoms with van der Waals surface area (Å²) in [5.41, 5.74) is 4.92. The van der Waals surface area contributed by atoms with Crippen molar-refractivity contribution in [1.82, 2.24) is 14.5 Å². The monoisotopic (exact) mass is 419 g/mol. The molecule has 0 aliphatic rings. The van der Waals surface area contributed by atoms with Gasteiger partial charge in [-0.1, -0.05) is 29.8 Å². The number of carbonyl (C=O) groups is 1. The maximum Gasteiger partial charge on any atom is 0.338 e. The fourth-order valence-corrected chi connectivity index (χ4v) is 4.05. The van der Waals surface area contributed by atoms with E-state index in [1.165, 1.54) is 16.9 Å². The van der Waals surface area contributed by atoms with Gasteiger partial charge in [0.05, 0.1) is 22.3 Å². The summed E-state index contributed by atoms with van der Waals surface area (Å²) < 4.78 is 7.10. The van der Waals surface area contributed by atoms with Gasteiger partial charge in [-0.15, -0.1) is 11.3 Å². The maximum absolute atomic E-state index is 12.5. The summed E-state index contributed by atoms with van der Waals surface area (Å²) in [6.07, 6.45) is 0. The lowest BCUT2D eigenvalue weighted by Crippen LogP contribution is -2.23. The third kappa shape index (κ3) is 3.89. The summed E-state index contributed by atoms with van der Waals surface area (Å²) >= 11 is 1.52. The highest BCUT2D eigenvalue weighted by Crippen LogP contribution is 2.24. The number of ether oxygens (including phenoxy) is 1. The molecule has 152 valence electrons. The zero-order valence-corrected chi connectivity index (χ0v) is 17.8. The summed E-state index contributed by atoms with van der Waals surface area (Å²) in [4.78, 5) is 33.7. The first-order chi connectivity index (χ1) is 14.5. The largest absolute Gasteiger partial charge is 0.456 e. The van der Waals surface area contributed by atoms with Crippen LogP contribution < -0.4 is 5.56 Å². The van der Waals surface area contributed by atoms with Crippen molar-refractivity contribution in [2.45, 2.75) is 33.9 Å². The number of aryl methyl sites for hydroxylation is 3. The molecule has 0 atom stereocenters. The van der Waals surface area contributed by atoms with E-state index in [9.17, 15) is 9.59 Å². The van der Waals surface area contributed by atoms with E-state index in [4.69, 9.17) is 4.74 Å². The van der Waals surface area contributed by atoms with Crippen LogP contribution in [0.2, 0.25) is 0 Å². The van der Waals surface area contributed by atoms with E-state index < -0.39 is 5.97 Å². The molecule has 0 aliphatic carbocycles. The molecule has 0 fully saturated rings. The van der Waals surface area contributed by atoms with Gasteiger partial charge in [0.2, 0.25) is 0 Å². The Bertz CT molecular complexity index is 1290. The predicted octanol–water partition coefficient (Wildman–Crippen LogP) is 4.51. The Hall–Kier alpha value is -3.32. The molecule has 0 unspecified atom stereocenters. The molecule has 4 aromatic rings. The van der Waals surface area contributed by atoms with E-state index >= 15 is 0 Å². The smallest absolute Gasteiger partial charge is 0.338 e. The van der Waals surface area contributed by atoms with Gasteiger partial charge in [-0.25, -0.2) is 14.8 Å². The predicted molar refractivity (Wildman–Crippen MR) is 118 cm³/mol. The molecule has 2 aromatic heterocycles. The molecule has 7 heteroatoms. The Morgan fingerprint density at radius 2 is 1.87 bits per heavy atom. The topological polar surface area (TPSA) is 74.1 Å². The van der Waals surface area contributed by atoms with Crippen molar-refractivity contribution >= 4 is 28.3 Å². The van der Waals surface area contributed by atoms with E-state index in [1.54, 1.807) is 29.7 Å². The van der Waals surface area contributed by atoms with Gasteiger partial charge in [0.15, 0.2) is 0 Å². The molecule has 0 aliphatic heterocycles. The van der Waals surface area contributed by atoms with Crippen molar-refractivity contribution in [3.8, 4) is 10.6 Å². The highest BCUT2D eigenvalue weighted by atomic mass is 32.1. The lowest BCUT2D eigenvalue weighted by Gasteiger charge is -2.10. The van der Waals surface area contributed by atoms with Gasteiger partial charge in [-0.3, -0.25) is 4.79 Å². The van der Waals surface area contributed by atoms with E-state index in [2.05, 4.69) is 9.97 Å². The molecular weight excluding hydrogens is 398 g/mol. The molecule has 0 N–H and O–H groups in total. The van der Waals surface area contributed by atoms with Crippen LogP contribution in [0.1, 0.15) is 34.2 Å². The van der Waals surface area contributed by atoms with Gasteiger partial charge < -0.3 is 9.30 Å². The number of hydrogen-bond donors (Lipinski definition) is 0. The van der Waals surface area contributed by atoms with E-state index in [-0.39, 0.29) is 12.2 Å².